The summed E-state index contributed by atoms with van der Waals surface area (Å²) in [6.45, 7) is 0. The Kier molecular flexibility index (Phi) is 4.97. The average molecular weight is 343 g/mol. The zero-order valence-electron chi connectivity index (χ0n) is 13.4. The summed E-state index contributed by atoms with van der Waals surface area (Å²) in [6.07, 6.45) is 1.28. The van der Waals surface area contributed by atoms with Gasteiger partial charge in [0.25, 0.3) is 0 Å². The van der Waals surface area contributed by atoms with Gasteiger partial charge in [-0.2, -0.15) is 0 Å². The van der Waals surface area contributed by atoms with Crippen molar-refractivity contribution in [3.05, 3.63) is 54.3 Å². The minimum atomic E-state index is -0.880. The fourth-order valence-electron chi connectivity index (χ4n) is 2.98. The number of para-hydroxylation sites is 1. The van der Waals surface area contributed by atoms with E-state index < -0.39 is 23.6 Å². The molecule has 5 nitrogen and oxygen atoms in total. The molecular weight excluding hydrogens is 325 g/mol. The fraction of sp³-hybridized carbons (Fsp3) is 0.263. The van der Waals surface area contributed by atoms with Gasteiger partial charge in [0, 0.05) is 12.0 Å². The number of halogens is 1. The number of nitrogens with one attached hydrogen (secondary N) is 1. The fourth-order valence-corrected chi connectivity index (χ4v) is 2.98. The van der Waals surface area contributed by atoms with Crippen LogP contribution in [-0.2, 0) is 9.59 Å². The van der Waals surface area contributed by atoms with E-state index in [2.05, 4.69) is 5.32 Å². The van der Waals surface area contributed by atoms with Crippen molar-refractivity contribution in [2.45, 2.75) is 19.3 Å². The van der Waals surface area contributed by atoms with Crippen molar-refractivity contribution in [3.63, 3.8) is 0 Å². The number of rotatable bonds is 5. The Labute approximate surface area is 144 Å². The van der Waals surface area contributed by atoms with Gasteiger partial charge in [-0.1, -0.05) is 18.2 Å². The van der Waals surface area contributed by atoms with Gasteiger partial charge in [0.05, 0.1) is 11.6 Å². The van der Waals surface area contributed by atoms with Crippen molar-refractivity contribution in [3.8, 4) is 11.5 Å². The first-order valence-corrected chi connectivity index (χ1v) is 8.09. The molecule has 0 saturated heterocycles. The highest BCUT2D eigenvalue weighted by Crippen LogP contribution is 2.34. The summed E-state index contributed by atoms with van der Waals surface area (Å²) in [5, 5.41) is 11.7. The van der Waals surface area contributed by atoms with Crippen LogP contribution in [-0.4, -0.2) is 17.0 Å². The normalized spacial score (nSPS) is 19.4. The predicted octanol–water partition coefficient (Wildman–Crippen LogP) is 4.06. The lowest BCUT2D eigenvalue weighted by atomic mass is 10.0. The van der Waals surface area contributed by atoms with Crippen LogP contribution < -0.4 is 10.1 Å². The first-order valence-electron chi connectivity index (χ1n) is 8.09. The van der Waals surface area contributed by atoms with Gasteiger partial charge < -0.3 is 15.2 Å². The van der Waals surface area contributed by atoms with Crippen LogP contribution in [0.15, 0.2) is 48.5 Å². The molecule has 2 aromatic rings. The van der Waals surface area contributed by atoms with Crippen molar-refractivity contribution < 1.29 is 23.8 Å². The molecule has 0 bridgehead atoms. The SMILES string of the molecule is O=C(O)[C@@H]1CC[C@H](C(=O)Nc2cc(F)ccc2Oc2ccccc2)C1. The lowest BCUT2D eigenvalue weighted by Crippen LogP contribution is -2.22. The molecule has 0 radical (unpaired) electrons. The van der Waals surface area contributed by atoms with E-state index in [4.69, 9.17) is 9.84 Å². The number of carboxylic acids is 1. The maximum atomic E-state index is 13.6. The second kappa shape index (κ2) is 7.34. The standard InChI is InChI=1S/C19H18FNO4/c20-14-8-9-17(25-15-4-2-1-3-5-15)16(11-14)21-18(22)12-6-7-13(10-12)19(23)24/h1-5,8-9,11-13H,6-7,10H2,(H,21,22)(H,23,24)/t12-,13+/m0/s1. The number of hydrogen-bond donors (Lipinski definition) is 2. The summed E-state index contributed by atoms with van der Waals surface area (Å²) in [5.74, 6) is -1.69. The number of hydrogen-bond acceptors (Lipinski definition) is 3. The van der Waals surface area contributed by atoms with E-state index in [1.807, 2.05) is 18.2 Å². The van der Waals surface area contributed by atoms with Gasteiger partial charge in [0.1, 0.15) is 11.6 Å². The maximum Gasteiger partial charge on any atom is 0.306 e. The molecule has 1 saturated carbocycles. The van der Waals surface area contributed by atoms with Gasteiger partial charge >= 0.3 is 5.97 Å². The summed E-state index contributed by atoms with van der Waals surface area (Å²) in [7, 11) is 0. The number of carboxylic acid groups (broad SMARTS) is 1. The first kappa shape index (κ1) is 17.0. The first-order chi connectivity index (χ1) is 12.0. The minimum absolute atomic E-state index is 0.229. The highest BCUT2D eigenvalue weighted by atomic mass is 19.1. The summed E-state index contributed by atoms with van der Waals surface area (Å²) in [4.78, 5) is 23.4. The number of benzene rings is 2. The van der Waals surface area contributed by atoms with Gasteiger partial charge in [-0.3, -0.25) is 9.59 Å². The van der Waals surface area contributed by atoms with E-state index in [0.717, 1.165) is 0 Å². The Balaban J connectivity index is 1.74. The third-order valence-corrected chi connectivity index (χ3v) is 4.32. The van der Waals surface area contributed by atoms with Crippen molar-refractivity contribution in [2.75, 3.05) is 5.32 Å². The van der Waals surface area contributed by atoms with E-state index >= 15 is 0 Å². The molecule has 0 aromatic heterocycles. The van der Waals surface area contributed by atoms with Gasteiger partial charge in [0.15, 0.2) is 5.75 Å². The van der Waals surface area contributed by atoms with E-state index in [0.29, 0.717) is 30.8 Å². The van der Waals surface area contributed by atoms with Crippen LogP contribution in [0.25, 0.3) is 0 Å². The van der Waals surface area contributed by atoms with Crippen molar-refractivity contribution >= 4 is 17.6 Å². The lowest BCUT2D eigenvalue weighted by Gasteiger charge is -2.15. The van der Waals surface area contributed by atoms with E-state index in [1.54, 1.807) is 12.1 Å². The largest absolute Gasteiger partial charge is 0.481 e. The van der Waals surface area contributed by atoms with Crippen LogP contribution in [0.1, 0.15) is 19.3 Å². The molecule has 25 heavy (non-hydrogen) atoms. The quantitative estimate of drug-likeness (QED) is 0.858. The van der Waals surface area contributed by atoms with Crippen LogP contribution in [0, 0.1) is 17.7 Å². The van der Waals surface area contributed by atoms with E-state index in [9.17, 15) is 14.0 Å². The number of amides is 1. The predicted molar refractivity (Wildman–Crippen MR) is 90.0 cm³/mol. The number of carbonyl (C=O) groups is 2. The summed E-state index contributed by atoms with van der Waals surface area (Å²) in [5.41, 5.74) is 0.229. The zero-order valence-corrected chi connectivity index (χ0v) is 13.4. The maximum absolute atomic E-state index is 13.6. The van der Waals surface area contributed by atoms with Crippen LogP contribution in [0.4, 0.5) is 10.1 Å². The number of carbonyl (C=O) groups excluding carboxylic acids is 1. The van der Waals surface area contributed by atoms with Gasteiger partial charge in [-0.15, -0.1) is 0 Å². The Morgan fingerprint density at radius 2 is 1.80 bits per heavy atom. The molecule has 0 spiro atoms. The minimum Gasteiger partial charge on any atom is -0.481 e. The van der Waals surface area contributed by atoms with E-state index in [1.165, 1.54) is 18.2 Å². The monoisotopic (exact) mass is 343 g/mol. The Morgan fingerprint density at radius 1 is 1.08 bits per heavy atom. The molecule has 0 unspecified atom stereocenters. The number of anilines is 1. The lowest BCUT2D eigenvalue weighted by molar-refractivity contribution is -0.141. The molecule has 1 amide bonds. The Morgan fingerprint density at radius 3 is 2.48 bits per heavy atom. The van der Waals surface area contributed by atoms with Gasteiger partial charge in [-0.05, 0) is 43.5 Å². The smallest absolute Gasteiger partial charge is 0.306 e. The molecule has 2 N–H and O–H groups in total. The zero-order chi connectivity index (χ0) is 17.8. The Hall–Kier alpha value is -2.89. The van der Waals surface area contributed by atoms with Crippen molar-refractivity contribution in [1.29, 1.82) is 0 Å². The molecule has 1 aliphatic carbocycles. The number of ether oxygens (including phenoxy) is 1. The average Bonchev–Trinajstić information content (AvgIpc) is 3.09. The molecule has 2 aromatic carbocycles. The summed E-state index contributed by atoms with van der Waals surface area (Å²) in [6, 6.07) is 12.9. The Bertz CT molecular complexity index is 778. The molecular formula is C19H18FNO4. The molecule has 6 heteroatoms. The molecule has 3 rings (SSSR count). The van der Waals surface area contributed by atoms with E-state index in [-0.39, 0.29) is 11.6 Å². The number of aliphatic carboxylic acids is 1. The van der Waals surface area contributed by atoms with Crippen molar-refractivity contribution in [1.82, 2.24) is 0 Å². The van der Waals surface area contributed by atoms with Crippen LogP contribution in [0.3, 0.4) is 0 Å². The second-order valence-corrected chi connectivity index (χ2v) is 6.09. The van der Waals surface area contributed by atoms with Crippen LogP contribution in [0.2, 0.25) is 0 Å². The highest BCUT2D eigenvalue weighted by molar-refractivity contribution is 5.94. The van der Waals surface area contributed by atoms with Crippen LogP contribution >= 0.6 is 0 Å². The topological polar surface area (TPSA) is 75.6 Å². The summed E-state index contributed by atoms with van der Waals surface area (Å²) < 4.78 is 19.3. The van der Waals surface area contributed by atoms with Crippen molar-refractivity contribution in [2.24, 2.45) is 11.8 Å². The van der Waals surface area contributed by atoms with Gasteiger partial charge in [0.2, 0.25) is 5.91 Å². The molecule has 130 valence electrons. The molecule has 2 atom stereocenters. The molecule has 0 aliphatic heterocycles. The molecule has 1 fully saturated rings. The van der Waals surface area contributed by atoms with Crippen LogP contribution in [0.5, 0.6) is 11.5 Å². The highest BCUT2D eigenvalue weighted by Gasteiger charge is 2.34. The third-order valence-electron chi connectivity index (χ3n) is 4.32. The third kappa shape index (κ3) is 4.15. The summed E-state index contributed by atoms with van der Waals surface area (Å²) >= 11 is 0. The van der Waals surface area contributed by atoms with Gasteiger partial charge in [-0.25, -0.2) is 4.39 Å². The second-order valence-electron chi connectivity index (χ2n) is 6.09. The molecule has 1 aliphatic rings. The molecule has 0 heterocycles.